The van der Waals surface area contributed by atoms with E-state index in [4.69, 9.17) is 0 Å². The molecule has 0 amide bonds. The third-order valence-electron chi connectivity index (χ3n) is 6.48. The Morgan fingerprint density at radius 1 is 0.500 bits per heavy atom. The molecule has 0 aromatic rings. The van der Waals surface area contributed by atoms with E-state index in [-0.39, 0.29) is 0 Å². The van der Waals surface area contributed by atoms with Crippen LogP contribution < -0.4 is 10.6 Å². The van der Waals surface area contributed by atoms with Gasteiger partial charge in [-0.25, -0.2) is 0 Å². The monoisotopic (exact) mass is 454 g/mol. The number of hydrogen-bond donors (Lipinski definition) is 2. The van der Waals surface area contributed by atoms with E-state index in [1.165, 1.54) is 130 Å². The molecule has 0 bridgehead atoms. The van der Waals surface area contributed by atoms with Gasteiger partial charge >= 0.3 is 0 Å². The van der Waals surface area contributed by atoms with Crippen molar-refractivity contribution < 1.29 is 0 Å². The van der Waals surface area contributed by atoms with Crippen molar-refractivity contribution in [3.63, 3.8) is 0 Å². The minimum atomic E-state index is 0.786. The van der Waals surface area contributed by atoms with Crippen LogP contribution in [0.2, 0.25) is 0 Å². The van der Waals surface area contributed by atoms with Crippen molar-refractivity contribution in [2.45, 2.75) is 106 Å². The molecule has 194 valence electrons. The van der Waals surface area contributed by atoms with E-state index in [1.54, 1.807) is 0 Å². The molecular weight excluding hydrogens is 392 g/mol. The van der Waals surface area contributed by atoms with Gasteiger partial charge in [-0.15, -0.1) is 0 Å². The van der Waals surface area contributed by atoms with Crippen LogP contribution in [0, 0.1) is 11.8 Å². The van der Waals surface area contributed by atoms with E-state index >= 15 is 0 Å². The number of nitrogens with one attached hydrogen (secondary N) is 2. The summed E-state index contributed by atoms with van der Waals surface area (Å²) in [5.41, 5.74) is 0. The summed E-state index contributed by atoms with van der Waals surface area (Å²) in [6.45, 7) is 26.3. The molecule has 0 saturated carbocycles. The SMILES string of the molecule is CCCN(CCC)CCC(C)CNCCCCCCNCC(C)CCN(CCC)CCC. The van der Waals surface area contributed by atoms with Gasteiger partial charge in [0.1, 0.15) is 0 Å². The molecule has 0 heterocycles. The van der Waals surface area contributed by atoms with Crippen LogP contribution in [0.1, 0.15) is 106 Å². The molecule has 2 unspecified atom stereocenters. The summed E-state index contributed by atoms with van der Waals surface area (Å²) in [6.07, 6.45) is 13.1. The average Bonchev–Trinajstić information content (AvgIpc) is 2.77. The number of rotatable bonds is 25. The summed E-state index contributed by atoms with van der Waals surface area (Å²) in [7, 11) is 0. The van der Waals surface area contributed by atoms with Gasteiger partial charge in [0.25, 0.3) is 0 Å². The summed E-state index contributed by atoms with van der Waals surface area (Å²) in [5, 5.41) is 7.39. The molecule has 2 N–H and O–H groups in total. The fourth-order valence-electron chi connectivity index (χ4n) is 4.50. The first-order chi connectivity index (χ1) is 15.6. The Kier molecular flexibility index (Phi) is 23.9. The van der Waals surface area contributed by atoms with Gasteiger partial charge < -0.3 is 20.4 Å². The lowest BCUT2D eigenvalue weighted by Crippen LogP contribution is -2.30. The number of hydrogen-bond acceptors (Lipinski definition) is 4. The fraction of sp³-hybridized carbons (Fsp3) is 1.00. The summed E-state index contributed by atoms with van der Waals surface area (Å²) in [5.74, 6) is 1.57. The molecule has 2 atom stereocenters. The maximum absolute atomic E-state index is 3.69. The first-order valence-electron chi connectivity index (χ1n) is 14.4. The van der Waals surface area contributed by atoms with Crippen LogP contribution >= 0.6 is 0 Å². The first kappa shape index (κ1) is 31.8. The third-order valence-corrected chi connectivity index (χ3v) is 6.48. The van der Waals surface area contributed by atoms with Gasteiger partial charge in [0.05, 0.1) is 0 Å². The maximum Gasteiger partial charge on any atom is -0.00157 e. The Balaban J connectivity index is 3.51. The van der Waals surface area contributed by atoms with Crippen molar-refractivity contribution in [3.8, 4) is 0 Å². The van der Waals surface area contributed by atoms with Gasteiger partial charge in [0.2, 0.25) is 0 Å². The van der Waals surface area contributed by atoms with E-state index in [0.29, 0.717) is 0 Å². The van der Waals surface area contributed by atoms with Gasteiger partial charge in [0.15, 0.2) is 0 Å². The molecule has 0 aromatic carbocycles. The predicted molar refractivity (Wildman–Crippen MR) is 146 cm³/mol. The molecule has 0 saturated heterocycles. The smallest absolute Gasteiger partial charge is 0.00157 e. The van der Waals surface area contributed by atoms with Gasteiger partial charge in [-0.05, 0) is 129 Å². The second-order valence-electron chi connectivity index (χ2n) is 10.3. The fourth-order valence-corrected chi connectivity index (χ4v) is 4.50. The zero-order valence-corrected chi connectivity index (χ0v) is 23.2. The summed E-state index contributed by atoms with van der Waals surface area (Å²) >= 11 is 0. The molecule has 0 aromatic heterocycles. The minimum absolute atomic E-state index is 0.786. The molecule has 0 aliphatic carbocycles. The van der Waals surface area contributed by atoms with Crippen molar-refractivity contribution in [2.24, 2.45) is 11.8 Å². The topological polar surface area (TPSA) is 30.5 Å². The molecule has 4 heteroatoms. The number of unbranched alkanes of at least 4 members (excludes halogenated alkanes) is 3. The quantitative estimate of drug-likeness (QED) is 0.165. The Bertz CT molecular complexity index is 317. The van der Waals surface area contributed by atoms with Crippen LogP contribution in [-0.4, -0.2) is 75.2 Å². The van der Waals surface area contributed by atoms with E-state index in [0.717, 1.165) is 11.8 Å². The highest BCUT2D eigenvalue weighted by Crippen LogP contribution is 2.06. The Morgan fingerprint density at radius 3 is 1.16 bits per heavy atom. The second-order valence-corrected chi connectivity index (χ2v) is 10.3. The highest BCUT2D eigenvalue weighted by Gasteiger charge is 2.08. The van der Waals surface area contributed by atoms with Crippen molar-refractivity contribution in [2.75, 3.05) is 65.4 Å². The molecule has 0 aliphatic rings. The highest BCUT2D eigenvalue weighted by molar-refractivity contribution is 4.64. The molecule has 0 fully saturated rings. The highest BCUT2D eigenvalue weighted by atomic mass is 15.1. The normalized spacial score (nSPS) is 13.9. The molecule has 0 radical (unpaired) electrons. The Hall–Kier alpha value is -0.160. The van der Waals surface area contributed by atoms with Crippen molar-refractivity contribution in [1.29, 1.82) is 0 Å². The van der Waals surface area contributed by atoms with Crippen molar-refractivity contribution in [1.82, 2.24) is 20.4 Å². The standard InChI is InChI=1S/C28H62N4/c1-7-19-31(20-8-2)23-15-27(5)25-29-17-13-11-12-14-18-30-26-28(6)16-24-32(21-9-3)22-10-4/h27-30H,7-26H2,1-6H3. The van der Waals surface area contributed by atoms with Gasteiger partial charge in [-0.3, -0.25) is 0 Å². The molecule has 0 aliphatic heterocycles. The lowest BCUT2D eigenvalue weighted by molar-refractivity contribution is 0.253. The molecule has 4 nitrogen and oxygen atoms in total. The maximum atomic E-state index is 3.69. The molecule has 0 spiro atoms. The lowest BCUT2D eigenvalue weighted by atomic mass is 10.1. The zero-order chi connectivity index (χ0) is 23.9. The number of nitrogens with zero attached hydrogens (tertiary/aromatic N) is 2. The van der Waals surface area contributed by atoms with Crippen LogP contribution in [0.5, 0.6) is 0 Å². The van der Waals surface area contributed by atoms with Crippen LogP contribution in [0.15, 0.2) is 0 Å². The Morgan fingerprint density at radius 2 is 0.844 bits per heavy atom. The Labute approximate surface area is 203 Å². The van der Waals surface area contributed by atoms with E-state index < -0.39 is 0 Å². The van der Waals surface area contributed by atoms with Crippen LogP contribution in [-0.2, 0) is 0 Å². The van der Waals surface area contributed by atoms with Gasteiger partial charge in [-0.2, -0.15) is 0 Å². The summed E-state index contributed by atoms with van der Waals surface area (Å²) < 4.78 is 0. The van der Waals surface area contributed by atoms with E-state index in [9.17, 15) is 0 Å². The average molecular weight is 455 g/mol. The summed E-state index contributed by atoms with van der Waals surface area (Å²) in [6, 6.07) is 0. The lowest BCUT2D eigenvalue weighted by Gasteiger charge is -2.23. The predicted octanol–water partition coefficient (Wildman–Crippen LogP) is 6.02. The van der Waals surface area contributed by atoms with Crippen LogP contribution in [0.4, 0.5) is 0 Å². The third kappa shape index (κ3) is 20.4. The molecule has 32 heavy (non-hydrogen) atoms. The second kappa shape index (κ2) is 24.0. The largest absolute Gasteiger partial charge is 0.316 e. The van der Waals surface area contributed by atoms with Crippen LogP contribution in [0.3, 0.4) is 0 Å². The van der Waals surface area contributed by atoms with Crippen molar-refractivity contribution in [3.05, 3.63) is 0 Å². The van der Waals surface area contributed by atoms with Gasteiger partial charge in [-0.1, -0.05) is 54.4 Å². The van der Waals surface area contributed by atoms with E-state index in [1.807, 2.05) is 0 Å². The minimum Gasteiger partial charge on any atom is -0.316 e. The van der Waals surface area contributed by atoms with Crippen molar-refractivity contribution >= 4 is 0 Å². The van der Waals surface area contributed by atoms with Gasteiger partial charge in [0, 0.05) is 0 Å². The molecule has 0 rings (SSSR count). The summed E-state index contributed by atoms with van der Waals surface area (Å²) in [4.78, 5) is 5.28. The first-order valence-corrected chi connectivity index (χ1v) is 14.4. The zero-order valence-electron chi connectivity index (χ0n) is 23.2. The van der Waals surface area contributed by atoms with E-state index in [2.05, 4.69) is 62.0 Å². The molecular formula is C28H62N4. The van der Waals surface area contributed by atoms with Crippen LogP contribution in [0.25, 0.3) is 0 Å².